The number of hydrogen-bond acceptors (Lipinski definition) is 7. The summed E-state index contributed by atoms with van der Waals surface area (Å²) in [6.07, 6.45) is -0.889. The van der Waals surface area contributed by atoms with Gasteiger partial charge in [0.1, 0.15) is 41.5 Å². The maximum absolute atomic E-state index is 13.2. The summed E-state index contributed by atoms with van der Waals surface area (Å²) in [6, 6.07) is 7.34. The molecule has 0 aromatic heterocycles. The van der Waals surface area contributed by atoms with E-state index in [0.29, 0.717) is 0 Å². The molecule has 0 aliphatic carbocycles. The lowest BCUT2D eigenvalue weighted by atomic mass is 10.2. The highest BCUT2D eigenvalue weighted by atomic mass is 19.1. The lowest BCUT2D eigenvalue weighted by Gasteiger charge is -2.17. The first-order valence-electron chi connectivity index (χ1n) is 9.33. The van der Waals surface area contributed by atoms with Crippen molar-refractivity contribution in [1.82, 2.24) is 5.32 Å². The lowest BCUT2D eigenvalue weighted by molar-refractivity contribution is -0.154. The van der Waals surface area contributed by atoms with Gasteiger partial charge in [-0.2, -0.15) is 0 Å². The van der Waals surface area contributed by atoms with Gasteiger partial charge < -0.3 is 24.3 Å². The molecule has 0 fully saturated rings. The fraction of sp³-hybridized carbons (Fsp3) is 0.286. The number of benzene rings is 2. The Morgan fingerprint density at radius 3 is 2.03 bits per heavy atom. The number of ketones is 1. The van der Waals surface area contributed by atoms with Crippen LogP contribution in [0.3, 0.4) is 0 Å². The average Bonchev–Trinajstić information content (AvgIpc) is 2.71. The van der Waals surface area contributed by atoms with Crippen molar-refractivity contribution in [2.45, 2.75) is 19.9 Å². The molecule has 2 aromatic carbocycles. The molecule has 1 N–H and O–H groups in total. The van der Waals surface area contributed by atoms with Gasteiger partial charge in [-0.1, -0.05) is 0 Å². The number of hydrogen-bond donors (Lipinski definition) is 1. The maximum Gasteiger partial charge on any atom is 0.407 e. The molecular weight excluding hydrogens is 416 g/mol. The minimum absolute atomic E-state index is 0.00572. The summed E-state index contributed by atoms with van der Waals surface area (Å²) in [5, 5.41) is 2.25. The Balaban J connectivity index is 2.02. The monoisotopic (exact) mass is 437 g/mol. The third-order valence-electron chi connectivity index (χ3n) is 3.67. The maximum atomic E-state index is 13.2. The Hall–Kier alpha value is -3.69. The third kappa shape index (κ3) is 7.57. The van der Waals surface area contributed by atoms with E-state index in [1.807, 2.05) is 0 Å². The van der Waals surface area contributed by atoms with Gasteiger partial charge in [0.05, 0.1) is 13.2 Å². The molecule has 1 unspecified atom stereocenters. The Morgan fingerprint density at radius 1 is 0.871 bits per heavy atom. The van der Waals surface area contributed by atoms with Crippen molar-refractivity contribution in [2.75, 3.05) is 19.8 Å². The van der Waals surface area contributed by atoms with Gasteiger partial charge in [-0.3, -0.25) is 4.79 Å². The van der Waals surface area contributed by atoms with Crippen LogP contribution in [0.25, 0.3) is 0 Å². The van der Waals surface area contributed by atoms with Gasteiger partial charge in [0.2, 0.25) is 0 Å². The number of alkyl carbamates (subject to hydrolysis) is 1. The number of esters is 1. The molecule has 0 aliphatic heterocycles. The molecule has 0 saturated carbocycles. The second-order valence-corrected chi connectivity index (χ2v) is 5.99. The summed E-state index contributed by atoms with van der Waals surface area (Å²) < 4.78 is 46.7. The molecule has 10 heteroatoms. The first-order chi connectivity index (χ1) is 14.8. The summed E-state index contributed by atoms with van der Waals surface area (Å²) in [4.78, 5) is 35.6. The molecule has 2 aromatic rings. The molecule has 8 nitrogen and oxygen atoms in total. The number of ether oxygens (including phenoxy) is 4. The molecule has 0 saturated heterocycles. The Kier molecular flexibility index (Phi) is 8.74. The van der Waals surface area contributed by atoms with Gasteiger partial charge in [-0.15, -0.1) is 0 Å². The summed E-state index contributed by atoms with van der Waals surface area (Å²) in [6.45, 7) is 2.82. The van der Waals surface area contributed by atoms with Crippen LogP contribution >= 0.6 is 0 Å². The molecule has 0 bridgehead atoms. The van der Waals surface area contributed by atoms with Crippen LogP contribution in [-0.4, -0.2) is 43.7 Å². The van der Waals surface area contributed by atoms with E-state index in [4.69, 9.17) is 14.2 Å². The zero-order valence-electron chi connectivity index (χ0n) is 16.9. The molecule has 0 aliphatic rings. The van der Waals surface area contributed by atoms with Gasteiger partial charge in [-0.25, -0.2) is 18.4 Å². The van der Waals surface area contributed by atoms with E-state index in [1.54, 1.807) is 6.92 Å². The number of halogens is 2. The van der Waals surface area contributed by atoms with Crippen molar-refractivity contribution < 1.29 is 42.1 Å². The standard InChI is InChI=1S/C21H21F2NO7/c1-3-28-20(26)19(25)18(24-21(27)29-4-2)12-30-15-5-7-16(8-6-15)31-17-10-13(22)9-14(23)11-17/h5-11,18H,3-4,12H2,1-2H3,(H,24,27). The molecule has 31 heavy (non-hydrogen) atoms. The van der Waals surface area contributed by atoms with Gasteiger partial charge in [0.25, 0.3) is 5.78 Å². The highest BCUT2D eigenvalue weighted by molar-refractivity contribution is 6.36. The molecule has 0 heterocycles. The van der Waals surface area contributed by atoms with Crippen LogP contribution in [0, 0.1) is 11.6 Å². The second-order valence-electron chi connectivity index (χ2n) is 5.99. The van der Waals surface area contributed by atoms with Crippen molar-refractivity contribution in [1.29, 1.82) is 0 Å². The highest BCUT2D eigenvalue weighted by Gasteiger charge is 2.29. The number of Topliss-reactive ketones (excluding diaryl/α,β-unsaturated/α-hetero) is 1. The highest BCUT2D eigenvalue weighted by Crippen LogP contribution is 2.25. The van der Waals surface area contributed by atoms with E-state index >= 15 is 0 Å². The van der Waals surface area contributed by atoms with Gasteiger partial charge in [0, 0.05) is 18.2 Å². The van der Waals surface area contributed by atoms with Crippen molar-refractivity contribution in [3.63, 3.8) is 0 Å². The number of rotatable bonds is 10. The predicted molar refractivity (Wildman–Crippen MR) is 104 cm³/mol. The topological polar surface area (TPSA) is 100 Å². The van der Waals surface area contributed by atoms with Gasteiger partial charge >= 0.3 is 12.1 Å². The molecule has 0 radical (unpaired) electrons. The van der Waals surface area contributed by atoms with Crippen molar-refractivity contribution in [3.8, 4) is 17.2 Å². The number of amides is 1. The predicted octanol–water partition coefficient (Wildman–Crippen LogP) is 3.38. The first kappa shape index (κ1) is 23.6. The van der Waals surface area contributed by atoms with E-state index in [2.05, 4.69) is 10.1 Å². The number of carbonyl (C=O) groups excluding carboxylic acids is 3. The fourth-order valence-electron chi connectivity index (χ4n) is 2.35. The average molecular weight is 437 g/mol. The van der Waals surface area contributed by atoms with E-state index in [-0.39, 0.29) is 37.1 Å². The van der Waals surface area contributed by atoms with Crippen molar-refractivity contribution in [3.05, 3.63) is 54.1 Å². The van der Waals surface area contributed by atoms with Crippen LogP contribution in [0.15, 0.2) is 42.5 Å². The first-order valence-corrected chi connectivity index (χ1v) is 9.33. The fourth-order valence-corrected chi connectivity index (χ4v) is 2.35. The smallest absolute Gasteiger partial charge is 0.407 e. The van der Waals surface area contributed by atoms with Gasteiger partial charge in [0.15, 0.2) is 0 Å². The van der Waals surface area contributed by atoms with Crippen molar-refractivity contribution >= 4 is 17.8 Å². The molecule has 0 spiro atoms. The Labute approximate surface area is 177 Å². The Bertz CT molecular complexity index is 898. The van der Waals surface area contributed by atoms with E-state index in [0.717, 1.165) is 18.2 Å². The quantitative estimate of drug-likeness (QED) is 0.449. The summed E-state index contributed by atoms with van der Waals surface area (Å²) in [5.41, 5.74) is 0. The number of carbonyl (C=O) groups is 3. The van der Waals surface area contributed by atoms with Crippen LogP contribution in [0.2, 0.25) is 0 Å². The van der Waals surface area contributed by atoms with Crippen molar-refractivity contribution in [2.24, 2.45) is 0 Å². The SMILES string of the molecule is CCOC(=O)NC(COc1ccc(Oc2cc(F)cc(F)c2)cc1)C(=O)C(=O)OCC. The van der Waals surface area contributed by atoms with E-state index < -0.39 is 35.5 Å². The minimum Gasteiger partial charge on any atom is -0.491 e. The molecule has 2 rings (SSSR count). The Morgan fingerprint density at radius 2 is 1.45 bits per heavy atom. The lowest BCUT2D eigenvalue weighted by Crippen LogP contribution is -2.48. The molecule has 1 atom stereocenters. The summed E-state index contributed by atoms with van der Waals surface area (Å²) in [7, 11) is 0. The molecular formula is C21H21F2NO7. The summed E-state index contributed by atoms with van der Waals surface area (Å²) >= 11 is 0. The van der Waals surface area contributed by atoms with Crippen LogP contribution < -0.4 is 14.8 Å². The minimum atomic E-state index is -1.33. The largest absolute Gasteiger partial charge is 0.491 e. The third-order valence-corrected chi connectivity index (χ3v) is 3.67. The van der Waals surface area contributed by atoms with Crippen LogP contribution in [0.1, 0.15) is 13.8 Å². The van der Waals surface area contributed by atoms with E-state index in [1.165, 1.54) is 31.2 Å². The van der Waals surface area contributed by atoms with Gasteiger partial charge in [-0.05, 0) is 38.1 Å². The zero-order chi connectivity index (χ0) is 22.8. The zero-order valence-corrected chi connectivity index (χ0v) is 16.9. The molecule has 1 amide bonds. The second kappa shape index (κ2) is 11.5. The van der Waals surface area contributed by atoms with Crippen LogP contribution in [0.5, 0.6) is 17.2 Å². The van der Waals surface area contributed by atoms with E-state index in [9.17, 15) is 23.2 Å². The van der Waals surface area contributed by atoms with Crippen LogP contribution in [-0.2, 0) is 19.1 Å². The normalized spacial score (nSPS) is 11.2. The van der Waals surface area contributed by atoms with Crippen LogP contribution in [0.4, 0.5) is 13.6 Å². The summed E-state index contributed by atoms with van der Waals surface area (Å²) in [5.74, 6) is -3.12. The molecule has 166 valence electrons. The number of nitrogens with one attached hydrogen (secondary N) is 1.